The van der Waals surface area contributed by atoms with E-state index in [2.05, 4.69) is 52.2 Å². The minimum absolute atomic E-state index is 0.169. The van der Waals surface area contributed by atoms with Crippen LogP contribution in [0.5, 0.6) is 11.5 Å². The van der Waals surface area contributed by atoms with Gasteiger partial charge in [0.1, 0.15) is 5.75 Å². The third kappa shape index (κ3) is 6.07. The summed E-state index contributed by atoms with van der Waals surface area (Å²) in [6, 6.07) is 11.6. The lowest BCUT2D eigenvalue weighted by Crippen LogP contribution is -2.35. The second-order valence-corrected chi connectivity index (χ2v) is 9.28. The van der Waals surface area contributed by atoms with Gasteiger partial charge in [-0.1, -0.05) is 18.2 Å². The molecule has 0 atom stereocenters. The summed E-state index contributed by atoms with van der Waals surface area (Å²) in [6.45, 7) is 4.08. The molecule has 6 rings (SSSR count). The molecule has 5 aromatic rings. The molecule has 14 heteroatoms. The summed E-state index contributed by atoms with van der Waals surface area (Å²) in [5, 5.41) is 10.4. The fraction of sp³-hybridized carbons (Fsp3) is 0.259. The lowest BCUT2D eigenvalue weighted by molar-refractivity contribution is -0.274. The van der Waals surface area contributed by atoms with Crippen LogP contribution in [-0.4, -0.2) is 74.8 Å². The Labute approximate surface area is 231 Å². The highest BCUT2D eigenvalue weighted by Crippen LogP contribution is 2.33. The van der Waals surface area contributed by atoms with Crippen LogP contribution in [0.1, 0.15) is 5.56 Å². The second-order valence-electron chi connectivity index (χ2n) is 9.28. The zero-order valence-corrected chi connectivity index (χ0v) is 21.8. The third-order valence-corrected chi connectivity index (χ3v) is 6.48. The van der Waals surface area contributed by atoms with Crippen LogP contribution in [-0.2, 0) is 11.3 Å². The number of methoxy groups -OCH3 is 1. The lowest BCUT2D eigenvalue weighted by Gasteiger charge is -2.26. The molecule has 41 heavy (non-hydrogen) atoms. The largest absolute Gasteiger partial charge is 0.573 e. The number of morpholine rings is 1. The van der Waals surface area contributed by atoms with Crippen LogP contribution >= 0.6 is 0 Å². The highest BCUT2D eigenvalue weighted by molar-refractivity contribution is 5.83. The van der Waals surface area contributed by atoms with Crippen LogP contribution in [0, 0.1) is 0 Å². The Bertz CT molecular complexity index is 1660. The number of H-pyrrole nitrogens is 2. The van der Waals surface area contributed by atoms with E-state index >= 15 is 0 Å². The molecular formula is C27H25F3N8O3. The highest BCUT2D eigenvalue weighted by atomic mass is 19.4. The van der Waals surface area contributed by atoms with E-state index in [-0.39, 0.29) is 17.4 Å². The summed E-state index contributed by atoms with van der Waals surface area (Å²) < 4.78 is 53.0. The molecule has 2 aromatic carbocycles. The first-order chi connectivity index (χ1) is 19.8. The van der Waals surface area contributed by atoms with Gasteiger partial charge in [0.25, 0.3) is 0 Å². The summed E-state index contributed by atoms with van der Waals surface area (Å²) in [7, 11) is 1.46. The number of halogens is 3. The Morgan fingerprint density at radius 2 is 1.95 bits per heavy atom. The molecule has 212 valence electrons. The molecule has 0 bridgehead atoms. The number of ether oxygens (including phenoxy) is 3. The molecule has 1 aliphatic rings. The summed E-state index contributed by atoms with van der Waals surface area (Å²) >= 11 is 0. The lowest BCUT2D eigenvalue weighted by atomic mass is 10.2. The Balaban J connectivity index is 1.26. The van der Waals surface area contributed by atoms with Crippen LogP contribution in [0.25, 0.3) is 33.9 Å². The molecule has 1 aliphatic heterocycles. The highest BCUT2D eigenvalue weighted by Gasteiger charge is 2.31. The van der Waals surface area contributed by atoms with Gasteiger partial charge in [-0.2, -0.15) is 5.10 Å². The van der Waals surface area contributed by atoms with E-state index in [4.69, 9.17) is 14.5 Å². The molecule has 4 heterocycles. The number of nitrogens with one attached hydrogen (secondary N) is 3. The fourth-order valence-electron chi connectivity index (χ4n) is 4.55. The molecule has 0 unspecified atom stereocenters. The van der Waals surface area contributed by atoms with Crippen LogP contribution in [0.3, 0.4) is 0 Å². The van der Waals surface area contributed by atoms with Crippen molar-refractivity contribution in [2.75, 3.05) is 38.7 Å². The van der Waals surface area contributed by atoms with Crippen molar-refractivity contribution >= 4 is 22.5 Å². The number of hydrogen-bond donors (Lipinski definition) is 3. The predicted molar refractivity (Wildman–Crippen MR) is 144 cm³/mol. The number of benzene rings is 2. The number of aromatic amines is 2. The Kier molecular flexibility index (Phi) is 7.15. The quantitative estimate of drug-likeness (QED) is 0.241. The van der Waals surface area contributed by atoms with Crippen LogP contribution in [0.2, 0.25) is 0 Å². The maximum atomic E-state index is 12.7. The predicted octanol–water partition coefficient (Wildman–Crippen LogP) is 4.89. The first kappa shape index (κ1) is 26.5. The first-order valence-electron chi connectivity index (χ1n) is 12.7. The van der Waals surface area contributed by atoms with Crippen molar-refractivity contribution in [2.24, 2.45) is 0 Å². The van der Waals surface area contributed by atoms with Gasteiger partial charge in [0.15, 0.2) is 28.9 Å². The van der Waals surface area contributed by atoms with Crippen LogP contribution in [0.4, 0.5) is 24.7 Å². The average molecular weight is 567 g/mol. The minimum atomic E-state index is -4.81. The van der Waals surface area contributed by atoms with Crippen molar-refractivity contribution in [3.05, 3.63) is 60.4 Å². The SMILES string of the molecule is COc1cnc(-c2cccc(OC(F)(F)F)c2)nc1Nc1c[nH]nc1-c1nc2cc(CN3CCOCC3)ccc2[nH]1. The molecule has 0 aliphatic carbocycles. The van der Waals surface area contributed by atoms with Gasteiger partial charge in [-0.25, -0.2) is 15.0 Å². The normalized spacial score (nSPS) is 14.3. The van der Waals surface area contributed by atoms with Gasteiger partial charge in [-0.3, -0.25) is 10.00 Å². The fourth-order valence-corrected chi connectivity index (χ4v) is 4.55. The third-order valence-electron chi connectivity index (χ3n) is 6.48. The minimum Gasteiger partial charge on any atom is -0.491 e. The molecule has 11 nitrogen and oxygen atoms in total. The first-order valence-corrected chi connectivity index (χ1v) is 12.7. The van der Waals surface area contributed by atoms with E-state index in [1.165, 1.54) is 31.5 Å². The van der Waals surface area contributed by atoms with E-state index < -0.39 is 6.36 Å². The zero-order chi connectivity index (χ0) is 28.4. The molecule has 1 saturated heterocycles. The maximum Gasteiger partial charge on any atom is 0.573 e. The average Bonchev–Trinajstić information content (AvgIpc) is 3.59. The Morgan fingerprint density at radius 3 is 2.76 bits per heavy atom. The van der Waals surface area contributed by atoms with E-state index in [0.717, 1.165) is 49.4 Å². The van der Waals surface area contributed by atoms with Crippen molar-refractivity contribution in [3.63, 3.8) is 0 Å². The zero-order valence-electron chi connectivity index (χ0n) is 21.8. The number of anilines is 2. The molecule has 1 fully saturated rings. The maximum absolute atomic E-state index is 12.7. The van der Waals surface area contributed by atoms with Gasteiger partial charge in [-0.15, -0.1) is 13.2 Å². The number of rotatable bonds is 8. The number of nitrogens with zero attached hydrogens (tertiary/aromatic N) is 5. The van der Waals surface area contributed by atoms with Crippen LogP contribution in [0.15, 0.2) is 54.9 Å². The van der Waals surface area contributed by atoms with E-state index in [1.54, 1.807) is 12.3 Å². The van der Waals surface area contributed by atoms with Gasteiger partial charge in [0, 0.05) is 31.4 Å². The molecule has 3 aromatic heterocycles. The van der Waals surface area contributed by atoms with Gasteiger partial charge < -0.3 is 24.5 Å². The second kappa shape index (κ2) is 11.1. The number of hydrogen-bond acceptors (Lipinski definition) is 9. The summed E-state index contributed by atoms with van der Waals surface area (Å²) in [4.78, 5) is 19.2. The standard InChI is InChI=1S/C27H25F3N8O3/c1-39-22-14-31-24(17-3-2-4-18(12-17)41-27(28,29)30)36-25(22)35-21-13-32-37-23(21)26-33-19-6-5-16(11-20(19)34-26)15-38-7-9-40-10-8-38/h2-6,11-14H,7-10,15H2,1H3,(H,32,37)(H,33,34)(H,31,35,36). The summed E-state index contributed by atoms with van der Waals surface area (Å²) in [5.74, 6) is 0.936. The van der Waals surface area contributed by atoms with Crippen molar-refractivity contribution in [1.82, 2.24) is 35.0 Å². The molecule has 0 spiro atoms. The van der Waals surface area contributed by atoms with Crippen molar-refractivity contribution in [1.29, 1.82) is 0 Å². The monoisotopic (exact) mass is 566 g/mol. The van der Waals surface area contributed by atoms with Gasteiger partial charge in [-0.05, 0) is 29.8 Å². The van der Waals surface area contributed by atoms with E-state index in [1.807, 2.05) is 6.07 Å². The molecule has 0 saturated carbocycles. The van der Waals surface area contributed by atoms with Crippen molar-refractivity contribution in [2.45, 2.75) is 12.9 Å². The van der Waals surface area contributed by atoms with Crippen molar-refractivity contribution in [3.8, 4) is 34.4 Å². The molecular weight excluding hydrogens is 541 g/mol. The van der Waals surface area contributed by atoms with Gasteiger partial charge >= 0.3 is 6.36 Å². The van der Waals surface area contributed by atoms with Gasteiger partial charge in [0.2, 0.25) is 0 Å². The van der Waals surface area contributed by atoms with E-state index in [9.17, 15) is 13.2 Å². The Hall–Kier alpha value is -4.69. The van der Waals surface area contributed by atoms with Crippen LogP contribution < -0.4 is 14.8 Å². The number of imidazole rings is 1. The summed E-state index contributed by atoms with van der Waals surface area (Å²) in [6.07, 6.45) is -1.74. The number of aromatic nitrogens is 6. The molecule has 0 amide bonds. The summed E-state index contributed by atoms with van der Waals surface area (Å²) in [5.41, 5.74) is 4.22. The van der Waals surface area contributed by atoms with Crippen molar-refractivity contribution < 1.29 is 27.4 Å². The Morgan fingerprint density at radius 1 is 1.10 bits per heavy atom. The number of fused-ring (bicyclic) bond motifs is 1. The molecule has 0 radical (unpaired) electrons. The van der Waals surface area contributed by atoms with E-state index in [0.29, 0.717) is 28.5 Å². The number of alkyl halides is 3. The van der Waals surface area contributed by atoms with Gasteiger partial charge in [0.05, 0.1) is 43.2 Å². The molecule has 3 N–H and O–H groups in total. The smallest absolute Gasteiger partial charge is 0.491 e. The topological polar surface area (TPSA) is 126 Å².